The molecule has 2 rings (SSSR count). The molecule has 5 heteroatoms. The largest absolute Gasteiger partial charge is 0.497 e. The Morgan fingerprint density at radius 3 is 2.75 bits per heavy atom. The standard InChI is InChI=1S/C15H21N3O2/c1-3-7-17-8-9-18(15(17)19)11-14(16)12-5-4-6-13(10-12)20-2/h4-6,8-10,14H,3,7,11,16H2,1-2H3. The zero-order valence-corrected chi connectivity index (χ0v) is 12.0. The maximum absolute atomic E-state index is 12.1. The fourth-order valence-corrected chi connectivity index (χ4v) is 2.19. The minimum atomic E-state index is -0.236. The highest BCUT2D eigenvalue weighted by molar-refractivity contribution is 5.30. The Bertz CT molecular complexity index is 616. The Morgan fingerprint density at radius 2 is 2.05 bits per heavy atom. The predicted molar refractivity (Wildman–Crippen MR) is 78.9 cm³/mol. The molecule has 0 aliphatic carbocycles. The van der Waals surface area contributed by atoms with Crippen LogP contribution in [-0.2, 0) is 13.1 Å². The molecule has 2 aromatic rings. The molecule has 20 heavy (non-hydrogen) atoms. The second-order valence-electron chi connectivity index (χ2n) is 4.81. The van der Waals surface area contributed by atoms with Crippen LogP contribution in [0.15, 0.2) is 41.5 Å². The van der Waals surface area contributed by atoms with Gasteiger partial charge in [0.05, 0.1) is 7.11 Å². The van der Waals surface area contributed by atoms with Crippen LogP contribution in [0.4, 0.5) is 0 Å². The number of methoxy groups -OCH3 is 1. The molecule has 108 valence electrons. The Labute approximate surface area is 118 Å². The molecule has 1 unspecified atom stereocenters. The molecule has 0 spiro atoms. The third-order valence-corrected chi connectivity index (χ3v) is 3.30. The number of aromatic nitrogens is 2. The van der Waals surface area contributed by atoms with Crippen molar-refractivity contribution in [1.29, 1.82) is 0 Å². The summed E-state index contributed by atoms with van der Waals surface area (Å²) in [6.45, 7) is 3.24. The summed E-state index contributed by atoms with van der Waals surface area (Å²) in [6.07, 6.45) is 4.54. The second kappa shape index (κ2) is 6.43. The molecule has 0 saturated heterocycles. The van der Waals surface area contributed by atoms with Crippen molar-refractivity contribution in [2.45, 2.75) is 32.5 Å². The molecule has 1 aromatic heterocycles. The Morgan fingerprint density at radius 1 is 1.30 bits per heavy atom. The molecule has 5 nitrogen and oxygen atoms in total. The van der Waals surface area contributed by atoms with Crippen molar-refractivity contribution in [3.05, 3.63) is 52.7 Å². The average Bonchev–Trinajstić information content (AvgIpc) is 2.81. The van der Waals surface area contributed by atoms with E-state index in [1.165, 1.54) is 0 Å². The summed E-state index contributed by atoms with van der Waals surface area (Å²) in [5.74, 6) is 0.772. The van der Waals surface area contributed by atoms with Gasteiger partial charge >= 0.3 is 5.69 Å². The number of nitrogens with zero attached hydrogens (tertiary/aromatic N) is 2. The van der Waals surface area contributed by atoms with E-state index in [2.05, 4.69) is 0 Å². The minimum Gasteiger partial charge on any atom is -0.497 e. The molecular weight excluding hydrogens is 254 g/mol. The van der Waals surface area contributed by atoms with Gasteiger partial charge in [-0.15, -0.1) is 0 Å². The van der Waals surface area contributed by atoms with Gasteiger partial charge < -0.3 is 10.5 Å². The van der Waals surface area contributed by atoms with Crippen molar-refractivity contribution in [2.75, 3.05) is 7.11 Å². The Hall–Kier alpha value is -2.01. The molecule has 0 aliphatic heterocycles. The van der Waals surface area contributed by atoms with Gasteiger partial charge in [0, 0.05) is 31.5 Å². The quantitative estimate of drug-likeness (QED) is 0.874. The molecule has 1 aromatic carbocycles. The van der Waals surface area contributed by atoms with Crippen molar-refractivity contribution in [3.8, 4) is 5.75 Å². The van der Waals surface area contributed by atoms with E-state index >= 15 is 0 Å². The van der Waals surface area contributed by atoms with Crippen LogP contribution >= 0.6 is 0 Å². The second-order valence-corrected chi connectivity index (χ2v) is 4.81. The molecule has 0 bridgehead atoms. The van der Waals surface area contributed by atoms with Crippen molar-refractivity contribution in [3.63, 3.8) is 0 Å². The van der Waals surface area contributed by atoms with E-state index in [1.807, 2.05) is 37.4 Å². The number of ether oxygens (including phenoxy) is 1. The SMILES string of the molecule is CCCn1ccn(CC(N)c2cccc(OC)c2)c1=O. The summed E-state index contributed by atoms with van der Waals surface area (Å²) >= 11 is 0. The first-order valence-electron chi connectivity index (χ1n) is 6.80. The zero-order valence-electron chi connectivity index (χ0n) is 12.0. The van der Waals surface area contributed by atoms with E-state index in [1.54, 1.807) is 22.4 Å². The van der Waals surface area contributed by atoms with Crippen molar-refractivity contribution >= 4 is 0 Å². The fourth-order valence-electron chi connectivity index (χ4n) is 2.19. The normalized spacial score (nSPS) is 12.3. The van der Waals surface area contributed by atoms with Crippen LogP contribution in [0, 0.1) is 0 Å². The van der Waals surface area contributed by atoms with Crippen LogP contribution in [0.25, 0.3) is 0 Å². The lowest BCUT2D eigenvalue weighted by molar-refractivity contribution is 0.413. The number of benzene rings is 1. The lowest BCUT2D eigenvalue weighted by Crippen LogP contribution is -2.28. The van der Waals surface area contributed by atoms with Gasteiger partial charge in [0.1, 0.15) is 5.75 Å². The summed E-state index contributed by atoms with van der Waals surface area (Å²) < 4.78 is 8.55. The molecule has 1 heterocycles. The number of nitrogens with two attached hydrogens (primary N) is 1. The van der Waals surface area contributed by atoms with Gasteiger partial charge in [-0.25, -0.2) is 4.79 Å². The van der Waals surface area contributed by atoms with Crippen LogP contribution < -0.4 is 16.2 Å². The van der Waals surface area contributed by atoms with Gasteiger partial charge in [0.2, 0.25) is 0 Å². The van der Waals surface area contributed by atoms with Gasteiger partial charge in [0.15, 0.2) is 0 Å². The van der Waals surface area contributed by atoms with Gasteiger partial charge in [-0.05, 0) is 24.1 Å². The van der Waals surface area contributed by atoms with Gasteiger partial charge in [-0.3, -0.25) is 9.13 Å². The maximum Gasteiger partial charge on any atom is 0.328 e. The third kappa shape index (κ3) is 3.11. The number of hydrogen-bond acceptors (Lipinski definition) is 3. The topological polar surface area (TPSA) is 62.2 Å². The molecule has 0 radical (unpaired) electrons. The van der Waals surface area contributed by atoms with Gasteiger partial charge in [-0.1, -0.05) is 19.1 Å². The van der Waals surface area contributed by atoms with E-state index in [0.717, 1.165) is 24.3 Å². The average molecular weight is 275 g/mol. The van der Waals surface area contributed by atoms with Crippen molar-refractivity contribution in [1.82, 2.24) is 9.13 Å². The molecule has 0 aliphatic rings. The molecule has 0 saturated carbocycles. The lowest BCUT2D eigenvalue weighted by Gasteiger charge is -2.13. The summed E-state index contributed by atoms with van der Waals surface area (Å²) in [4.78, 5) is 12.1. The highest BCUT2D eigenvalue weighted by atomic mass is 16.5. The zero-order chi connectivity index (χ0) is 14.5. The molecule has 2 N–H and O–H groups in total. The summed E-state index contributed by atoms with van der Waals surface area (Å²) in [7, 11) is 1.62. The summed E-state index contributed by atoms with van der Waals surface area (Å²) in [6, 6.07) is 7.39. The predicted octanol–water partition coefficient (Wildman–Crippen LogP) is 1.77. The monoisotopic (exact) mass is 275 g/mol. The fraction of sp³-hybridized carbons (Fsp3) is 0.400. The van der Waals surface area contributed by atoms with Gasteiger partial charge in [-0.2, -0.15) is 0 Å². The number of hydrogen-bond donors (Lipinski definition) is 1. The number of imidazole rings is 1. The van der Waals surface area contributed by atoms with Crippen molar-refractivity contribution in [2.24, 2.45) is 5.73 Å². The smallest absolute Gasteiger partial charge is 0.328 e. The van der Waals surface area contributed by atoms with E-state index in [4.69, 9.17) is 10.5 Å². The molecular formula is C15H21N3O2. The van der Waals surface area contributed by atoms with E-state index in [-0.39, 0.29) is 11.7 Å². The van der Waals surface area contributed by atoms with Crippen LogP contribution in [0.5, 0.6) is 5.75 Å². The molecule has 0 fully saturated rings. The Kier molecular flexibility index (Phi) is 4.63. The van der Waals surface area contributed by atoms with Crippen LogP contribution in [0.3, 0.4) is 0 Å². The Balaban J connectivity index is 2.14. The summed E-state index contributed by atoms with van der Waals surface area (Å²) in [5.41, 5.74) is 7.13. The third-order valence-electron chi connectivity index (χ3n) is 3.30. The highest BCUT2D eigenvalue weighted by Gasteiger charge is 2.10. The van der Waals surface area contributed by atoms with E-state index in [9.17, 15) is 4.79 Å². The van der Waals surface area contributed by atoms with Crippen LogP contribution in [-0.4, -0.2) is 16.2 Å². The number of rotatable bonds is 6. The molecule has 1 atom stereocenters. The number of aryl methyl sites for hydroxylation is 1. The van der Waals surface area contributed by atoms with Crippen LogP contribution in [0.1, 0.15) is 24.9 Å². The highest BCUT2D eigenvalue weighted by Crippen LogP contribution is 2.18. The maximum atomic E-state index is 12.1. The first-order valence-corrected chi connectivity index (χ1v) is 6.80. The summed E-state index contributed by atoms with van der Waals surface area (Å²) in [5, 5.41) is 0. The minimum absolute atomic E-state index is 0.00908. The first kappa shape index (κ1) is 14.4. The van der Waals surface area contributed by atoms with E-state index in [0.29, 0.717) is 6.54 Å². The molecule has 0 amide bonds. The van der Waals surface area contributed by atoms with Gasteiger partial charge in [0.25, 0.3) is 0 Å². The van der Waals surface area contributed by atoms with E-state index < -0.39 is 0 Å². The van der Waals surface area contributed by atoms with Crippen LogP contribution in [0.2, 0.25) is 0 Å². The first-order chi connectivity index (χ1) is 9.65. The lowest BCUT2D eigenvalue weighted by atomic mass is 10.1. The van der Waals surface area contributed by atoms with Crippen molar-refractivity contribution < 1.29 is 4.74 Å².